The van der Waals surface area contributed by atoms with Crippen LogP contribution in [-0.2, 0) is 4.74 Å². The summed E-state index contributed by atoms with van der Waals surface area (Å²) in [5.41, 5.74) is 0. The van der Waals surface area contributed by atoms with Gasteiger partial charge in [-0.2, -0.15) is 0 Å². The minimum Gasteiger partial charge on any atom is -0.368 e. The van der Waals surface area contributed by atoms with Crippen molar-refractivity contribution >= 4 is 0 Å². The number of rotatable bonds is 4. The van der Waals surface area contributed by atoms with Crippen molar-refractivity contribution in [2.75, 3.05) is 0 Å². The molecule has 0 amide bonds. The molecule has 0 aromatic carbocycles. The van der Waals surface area contributed by atoms with Crippen LogP contribution < -0.4 is 0 Å². The van der Waals surface area contributed by atoms with Gasteiger partial charge in [0.1, 0.15) is 0 Å². The number of hydrogen-bond donors (Lipinski definition) is 1. The lowest BCUT2D eigenvalue weighted by atomic mass is 9.87. The molecule has 0 aromatic heterocycles. The van der Waals surface area contributed by atoms with Gasteiger partial charge in [-0.05, 0) is 18.8 Å². The van der Waals surface area contributed by atoms with Gasteiger partial charge in [0.05, 0.1) is 6.10 Å². The molecular formula is C14H26O2. The summed E-state index contributed by atoms with van der Waals surface area (Å²) in [6.07, 6.45) is 13.6. The Kier molecular flexibility index (Phi) is 5.11. The van der Waals surface area contributed by atoms with Crippen molar-refractivity contribution < 1.29 is 9.84 Å². The second-order valence-electron chi connectivity index (χ2n) is 5.59. The summed E-state index contributed by atoms with van der Waals surface area (Å²) in [5, 5.41) is 9.93. The van der Waals surface area contributed by atoms with Gasteiger partial charge in [0.2, 0.25) is 0 Å². The molecule has 2 fully saturated rings. The van der Waals surface area contributed by atoms with Crippen LogP contribution in [0.2, 0.25) is 0 Å². The zero-order valence-electron chi connectivity index (χ0n) is 10.4. The number of aliphatic hydroxyl groups excluding tert-OH is 1. The molecule has 16 heavy (non-hydrogen) atoms. The van der Waals surface area contributed by atoms with Crippen LogP contribution in [0.4, 0.5) is 0 Å². The van der Waals surface area contributed by atoms with Crippen LogP contribution >= 0.6 is 0 Å². The van der Waals surface area contributed by atoms with Crippen molar-refractivity contribution in [3.05, 3.63) is 0 Å². The first-order valence-electron chi connectivity index (χ1n) is 7.18. The van der Waals surface area contributed by atoms with E-state index in [1.165, 1.54) is 51.4 Å². The Hall–Kier alpha value is -0.0800. The first kappa shape index (κ1) is 12.4. The molecule has 2 nitrogen and oxygen atoms in total. The normalized spacial score (nSPS) is 26.8. The highest BCUT2D eigenvalue weighted by atomic mass is 16.6. The first-order valence-corrected chi connectivity index (χ1v) is 7.18. The van der Waals surface area contributed by atoms with Crippen LogP contribution in [-0.4, -0.2) is 17.5 Å². The fourth-order valence-electron chi connectivity index (χ4n) is 3.19. The molecule has 2 saturated carbocycles. The summed E-state index contributed by atoms with van der Waals surface area (Å²) < 4.78 is 5.75. The highest BCUT2D eigenvalue weighted by molar-refractivity contribution is 4.69. The van der Waals surface area contributed by atoms with Gasteiger partial charge >= 0.3 is 0 Å². The minimum absolute atomic E-state index is 0.340. The van der Waals surface area contributed by atoms with E-state index in [1.54, 1.807) is 0 Å². The van der Waals surface area contributed by atoms with Gasteiger partial charge in [0.15, 0.2) is 6.29 Å². The lowest BCUT2D eigenvalue weighted by molar-refractivity contribution is -0.153. The third-order valence-electron chi connectivity index (χ3n) is 4.16. The average molecular weight is 226 g/mol. The van der Waals surface area contributed by atoms with Crippen LogP contribution in [0, 0.1) is 5.92 Å². The van der Waals surface area contributed by atoms with E-state index in [2.05, 4.69) is 0 Å². The van der Waals surface area contributed by atoms with E-state index in [4.69, 9.17) is 4.74 Å². The maximum atomic E-state index is 9.93. The molecule has 2 heteroatoms. The summed E-state index contributed by atoms with van der Waals surface area (Å²) in [4.78, 5) is 0. The van der Waals surface area contributed by atoms with E-state index >= 15 is 0 Å². The average Bonchev–Trinajstić information content (AvgIpc) is 2.31. The van der Waals surface area contributed by atoms with Gasteiger partial charge in [-0.15, -0.1) is 0 Å². The van der Waals surface area contributed by atoms with E-state index in [0.29, 0.717) is 12.0 Å². The monoisotopic (exact) mass is 226 g/mol. The topological polar surface area (TPSA) is 29.5 Å². The summed E-state index contributed by atoms with van der Waals surface area (Å²) in [7, 11) is 0. The van der Waals surface area contributed by atoms with Crippen molar-refractivity contribution in [2.24, 2.45) is 5.92 Å². The van der Waals surface area contributed by atoms with E-state index in [-0.39, 0.29) is 0 Å². The molecule has 2 aliphatic rings. The Morgan fingerprint density at radius 3 is 2.06 bits per heavy atom. The van der Waals surface area contributed by atoms with Crippen molar-refractivity contribution in [2.45, 2.75) is 83.0 Å². The fourth-order valence-corrected chi connectivity index (χ4v) is 3.19. The summed E-state index contributed by atoms with van der Waals surface area (Å²) in [6, 6.07) is 0. The molecule has 0 saturated heterocycles. The summed E-state index contributed by atoms with van der Waals surface area (Å²) in [5.74, 6) is 0.715. The molecule has 2 rings (SSSR count). The first-order chi connectivity index (χ1) is 7.84. The van der Waals surface area contributed by atoms with Crippen LogP contribution in [0.3, 0.4) is 0 Å². The highest BCUT2D eigenvalue weighted by Crippen LogP contribution is 2.29. The lowest BCUT2D eigenvalue weighted by Gasteiger charge is -2.28. The molecule has 1 atom stereocenters. The van der Waals surface area contributed by atoms with Crippen LogP contribution in [0.1, 0.15) is 70.6 Å². The van der Waals surface area contributed by atoms with Gasteiger partial charge in [0.25, 0.3) is 0 Å². The standard InChI is InChI=1S/C14H26O2/c15-14(11-12-7-3-1-4-8-12)16-13-9-5-2-6-10-13/h12-15H,1-11H2. The predicted molar refractivity (Wildman–Crippen MR) is 65.2 cm³/mol. The maximum absolute atomic E-state index is 9.93. The summed E-state index contributed by atoms with van der Waals surface area (Å²) >= 11 is 0. The SMILES string of the molecule is OC(CC1CCCCC1)OC1CCCCC1. The minimum atomic E-state index is -0.494. The van der Waals surface area contributed by atoms with E-state index in [1.807, 2.05) is 0 Å². The Morgan fingerprint density at radius 1 is 0.875 bits per heavy atom. The number of aliphatic hydroxyl groups is 1. The quantitative estimate of drug-likeness (QED) is 0.742. The Morgan fingerprint density at radius 2 is 1.44 bits per heavy atom. The van der Waals surface area contributed by atoms with Crippen molar-refractivity contribution in [3.63, 3.8) is 0 Å². The lowest BCUT2D eigenvalue weighted by Crippen LogP contribution is -2.26. The van der Waals surface area contributed by atoms with Crippen molar-refractivity contribution in [1.82, 2.24) is 0 Å². The van der Waals surface area contributed by atoms with Crippen molar-refractivity contribution in [1.29, 1.82) is 0 Å². The molecule has 1 unspecified atom stereocenters. The molecule has 0 spiro atoms. The second kappa shape index (κ2) is 6.61. The molecule has 0 heterocycles. The van der Waals surface area contributed by atoms with E-state index < -0.39 is 6.29 Å². The third-order valence-corrected chi connectivity index (χ3v) is 4.16. The van der Waals surface area contributed by atoms with Crippen molar-refractivity contribution in [3.8, 4) is 0 Å². The largest absolute Gasteiger partial charge is 0.368 e. The Bertz CT molecular complexity index is 161. The van der Waals surface area contributed by atoms with Gasteiger partial charge < -0.3 is 9.84 Å². The molecule has 0 radical (unpaired) electrons. The van der Waals surface area contributed by atoms with Gasteiger partial charge in [0, 0.05) is 6.42 Å². The van der Waals surface area contributed by atoms with Crippen LogP contribution in [0.15, 0.2) is 0 Å². The molecule has 0 aromatic rings. The zero-order valence-corrected chi connectivity index (χ0v) is 10.4. The third kappa shape index (κ3) is 4.06. The van der Waals surface area contributed by atoms with Crippen LogP contribution in [0.5, 0.6) is 0 Å². The number of hydrogen-bond acceptors (Lipinski definition) is 2. The van der Waals surface area contributed by atoms with Gasteiger partial charge in [-0.3, -0.25) is 0 Å². The number of ether oxygens (including phenoxy) is 1. The molecule has 94 valence electrons. The van der Waals surface area contributed by atoms with Crippen LogP contribution in [0.25, 0.3) is 0 Å². The molecular weight excluding hydrogens is 200 g/mol. The molecule has 2 aliphatic carbocycles. The Balaban J connectivity index is 1.64. The van der Waals surface area contributed by atoms with Gasteiger partial charge in [-0.25, -0.2) is 0 Å². The predicted octanol–water partition coefficient (Wildman–Crippen LogP) is 3.62. The zero-order chi connectivity index (χ0) is 11.2. The molecule has 0 aliphatic heterocycles. The molecule has 1 N–H and O–H groups in total. The van der Waals surface area contributed by atoms with E-state index in [9.17, 15) is 5.11 Å². The smallest absolute Gasteiger partial charge is 0.155 e. The second-order valence-corrected chi connectivity index (χ2v) is 5.59. The summed E-state index contributed by atoms with van der Waals surface area (Å²) in [6.45, 7) is 0. The van der Waals surface area contributed by atoms with Gasteiger partial charge in [-0.1, -0.05) is 51.4 Å². The molecule has 0 bridgehead atoms. The van der Waals surface area contributed by atoms with E-state index in [0.717, 1.165) is 19.3 Å². The fraction of sp³-hybridized carbons (Fsp3) is 1.00. The Labute approximate surface area is 99.4 Å². The maximum Gasteiger partial charge on any atom is 0.155 e. The highest BCUT2D eigenvalue weighted by Gasteiger charge is 2.21.